The quantitative estimate of drug-likeness (QED) is 0.563. The zero-order chi connectivity index (χ0) is 22.4. The predicted molar refractivity (Wildman–Crippen MR) is 120 cm³/mol. The summed E-state index contributed by atoms with van der Waals surface area (Å²) < 4.78 is 37.1. The molecule has 2 aliphatic heterocycles. The van der Waals surface area contributed by atoms with Crippen molar-refractivity contribution in [1.82, 2.24) is 9.62 Å². The van der Waals surface area contributed by atoms with Crippen LogP contribution in [0, 0.1) is 5.92 Å². The Kier molecular flexibility index (Phi) is 8.06. The van der Waals surface area contributed by atoms with Crippen molar-refractivity contribution >= 4 is 39.3 Å². The third kappa shape index (κ3) is 6.27. The van der Waals surface area contributed by atoms with E-state index in [1.165, 1.54) is 0 Å². The Labute approximate surface area is 187 Å². The molecule has 2 N–H and O–H groups in total. The highest BCUT2D eigenvalue weighted by molar-refractivity contribution is 7.98. The third-order valence-electron chi connectivity index (χ3n) is 5.43. The second kappa shape index (κ2) is 10.6. The Morgan fingerprint density at radius 3 is 2.61 bits per heavy atom. The number of ether oxygens (including phenoxy) is 2. The maximum atomic E-state index is 12.9. The number of carbonyl (C=O) groups excluding carboxylic acids is 2. The Hall–Kier alpha value is -1.98. The maximum Gasteiger partial charge on any atom is 0.240 e. The van der Waals surface area contributed by atoms with Gasteiger partial charge in [-0.2, -0.15) is 11.8 Å². The van der Waals surface area contributed by atoms with Gasteiger partial charge in [0.1, 0.15) is 6.04 Å². The van der Waals surface area contributed by atoms with Crippen molar-refractivity contribution in [3.63, 3.8) is 0 Å². The van der Waals surface area contributed by atoms with Gasteiger partial charge in [0.2, 0.25) is 28.6 Å². The maximum absolute atomic E-state index is 12.9. The normalized spacial score (nSPS) is 17.4. The zero-order valence-corrected chi connectivity index (χ0v) is 19.4. The van der Waals surface area contributed by atoms with Crippen LogP contribution < -0.4 is 19.5 Å². The summed E-state index contributed by atoms with van der Waals surface area (Å²) in [5.41, 5.74) is 0.638. The van der Waals surface area contributed by atoms with Gasteiger partial charge < -0.3 is 19.7 Å². The number of benzene rings is 1. The van der Waals surface area contributed by atoms with E-state index in [-0.39, 0.29) is 30.3 Å². The van der Waals surface area contributed by atoms with Crippen LogP contribution in [0.3, 0.4) is 0 Å². The molecule has 2 aliphatic rings. The van der Waals surface area contributed by atoms with Crippen LogP contribution in [-0.2, 0) is 19.6 Å². The lowest BCUT2D eigenvalue weighted by molar-refractivity contribution is -0.136. The lowest BCUT2D eigenvalue weighted by Crippen LogP contribution is -2.51. The second-order valence-electron chi connectivity index (χ2n) is 7.51. The van der Waals surface area contributed by atoms with Crippen LogP contribution in [0.2, 0.25) is 0 Å². The Morgan fingerprint density at radius 1 is 1.23 bits per heavy atom. The summed E-state index contributed by atoms with van der Waals surface area (Å²) in [6.45, 7) is 2.55. The highest BCUT2D eigenvalue weighted by Gasteiger charge is 2.32. The highest BCUT2D eigenvalue weighted by atomic mass is 32.2. The van der Waals surface area contributed by atoms with Crippen LogP contribution in [0.4, 0.5) is 5.69 Å². The molecule has 9 nitrogen and oxygen atoms in total. The van der Waals surface area contributed by atoms with Gasteiger partial charge in [0.25, 0.3) is 0 Å². The molecule has 0 radical (unpaired) electrons. The molecule has 0 bridgehead atoms. The van der Waals surface area contributed by atoms with Crippen LogP contribution in [-0.4, -0.2) is 68.8 Å². The van der Waals surface area contributed by atoms with E-state index in [1.807, 2.05) is 6.26 Å². The van der Waals surface area contributed by atoms with E-state index in [1.54, 1.807) is 41.8 Å². The topological polar surface area (TPSA) is 114 Å². The first-order valence-electron chi connectivity index (χ1n) is 10.3. The average molecular weight is 472 g/mol. The number of anilines is 1. The van der Waals surface area contributed by atoms with Crippen LogP contribution in [0.25, 0.3) is 0 Å². The Balaban J connectivity index is 1.54. The molecule has 1 atom stereocenters. The van der Waals surface area contributed by atoms with E-state index in [2.05, 4.69) is 10.0 Å². The molecule has 1 saturated heterocycles. The van der Waals surface area contributed by atoms with Crippen LogP contribution in [0.5, 0.6) is 11.5 Å². The third-order valence-corrected chi connectivity index (χ3v) is 7.48. The molecule has 172 valence electrons. The first-order chi connectivity index (χ1) is 14.8. The summed E-state index contributed by atoms with van der Waals surface area (Å²) in [5.74, 6) is 1.32. The summed E-state index contributed by atoms with van der Waals surface area (Å²) in [7, 11) is -3.49. The molecule has 1 aromatic rings. The number of hydrogen-bond donors (Lipinski definition) is 2. The lowest BCUT2D eigenvalue weighted by atomic mass is 9.95. The minimum Gasteiger partial charge on any atom is -0.454 e. The fourth-order valence-electron chi connectivity index (χ4n) is 3.57. The SMILES string of the molecule is CCS(=O)(=O)NC(CCSC)C(=O)N1CCC(C(=O)Nc2ccc3c(c2)OCO3)CC1. The minimum absolute atomic E-state index is 0.0713. The van der Waals surface area contributed by atoms with Gasteiger partial charge in [-0.1, -0.05) is 0 Å². The number of nitrogens with one attached hydrogen (secondary N) is 2. The van der Waals surface area contributed by atoms with E-state index in [0.29, 0.717) is 55.3 Å². The molecule has 0 spiro atoms. The monoisotopic (exact) mass is 471 g/mol. The van der Waals surface area contributed by atoms with Crippen molar-refractivity contribution in [1.29, 1.82) is 0 Å². The molecule has 1 unspecified atom stereocenters. The van der Waals surface area contributed by atoms with E-state index in [4.69, 9.17) is 9.47 Å². The predicted octanol–water partition coefficient (Wildman–Crippen LogP) is 1.65. The van der Waals surface area contributed by atoms with E-state index < -0.39 is 16.1 Å². The van der Waals surface area contributed by atoms with Crippen LogP contribution in [0.1, 0.15) is 26.2 Å². The number of fused-ring (bicyclic) bond motifs is 1. The van der Waals surface area contributed by atoms with Crippen LogP contribution in [0.15, 0.2) is 18.2 Å². The van der Waals surface area contributed by atoms with Gasteiger partial charge in [0.05, 0.1) is 5.75 Å². The minimum atomic E-state index is -3.49. The van der Waals surface area contributed by atoms with Crippen LogP contribution >= 0.6 is 11.8 Å². The number of thioether (sulfide) groups is 1. The number of sulfonamides is 1. The molecular weight excluding hydrogens is 442 g/mol. The first-order valence-corrected chi connectivity index (χ1v) is 13.4. The number of rotatable bonds is 9. The van der Waals surface area contributed by atoms with Crippen molar-refractivity contribution in [2.75, 3.05) is 43.0 Å². The fraction of sp³-hybridized carbons (Fsp3) is 0.600. The molecule has 2 heterocycles. The number of likely N-dealkylation sites (tertiary alicyclic amines) is 1. The van der Waals surface area contributed by atoms with Gasteiger partial charge >= 0.3 is 0 Å². The summed E-state index contributed by atoms with van der Waals surface area (Å²) in [6, 6.07) is 4.48. The van der Waals surface area contributed by atoms with Gasteiger partial charge in [0.15, 0.2) is 11.5 Å². The lowest BCUT2D eigenvalue weighted by Gasteiger charge is -2.33. The first kappa shape index (κ1) is 23.7. The second-order valence-corrected chi connectivity index (χ2v) is 10.5. The molecule has 3 rings (SSSR count). The molecule has 31 heavy (non-hydrogen) atoms. The number of hydrogen-bond acceptors (Lipinski definition) is 7. The molecule has 1 fully saturated rings. The van der Waals surface area contributed by atoms with E-state index >= 15 is 0 Å². The Morgan fingerprint density at radius 2 is 1.94 bits per heavy atom. The van der Waals surface area contributed by atoms with Crippen molar-refractivity contribution in [2.45, 2.75) is 32.2 Å². The van der Waals surface area contributed by atoms with Gasteiger partial charge in [-0.25, -0.2) is 13.1 Å². The molecular formula is C20H29N3O6S2. The van der Waals surface area contributed by atoms with Crippen molar-refractivity contribution in [2.24, 2.45) is 5.92 Å². The van der Waals surface area contributed by atoms with Crippen molar-refractivity contribution in [3.8, 4) is 11.5 Å². The molecule has 0 aromatic heterocycles. The summed E-state index contributed by atoms with van der Waals surface area (Å²) in [4.78, 5) is 27.3. The molecule has 1 aromatic carbocycles. The van der Waals surface area contributed by atoms with E-state index in [9.17, 15) is 18.0 Å². The number of piperidine rings is 1. The number of carbonyl (C=O) groups is 2. The van der Waals surface area contributed by atoms with Gasteiger partial charge in [0, 0.05) is 30.8 Å². The highest BCUT2D eigenvalue weighted by Crippen LogP contribution is 2.34. The fourth-order valence-corrected chi connectivity index (χ4v) is 4.86. The number of nitrogens with zero attached hydrogens (tertiary/aromatic N) is 1. The van der Waals surface area contributed by atoms with E-state index in [0.717, 1.165) is 0 Å². The van der Waals surface area contributed by atoms with Crippen molar-refractivity contribution in [3.05, 3.63) is 18.2 Å². The standard InChI is InChI=1S/C20H29N3O6S2/c1-3-31(26,27)22-16(8-11-30-2)20(25)23-9-6-14(7-10-23)19(24)21-15-4-5-17-18(12-15)29-13-28-17/h4-5,12,14,16,22H,3,6-11,13H2,1-2H3,(H,21,24). The molecule has 11 heteroatoms. The largest absolute Gasteiger partial charge is 0.454 e. The molecule has 0 saturated carbocycles. The summed E-state index contributed by atoms with van der Waals surface area (Å²) in [6.07, 6.45) is 3.40. The molecule has 2 amide bonds. The number of amides is 2. The van der Waals surface area contributed by atoms with Crippen molar-refractivity contribution < 1.29 is 27.5 Å². The van der Waals surface area contributed by atoms with Gasteiger partial charge in [-0.3, -0.25) is 9.59 Å². The molecule has 0 aliphatic carbocycles. The summed E-state index contributed by atoms with van der Waals surface area (Å²) in [5, 5.41) is 2.90. The Bertz CT molecular complexity index is 900. The smallest absolute Gasteiger partial charge is 0.240 e. The summed E-state index contributed by atoms with van der Waals surface area (Å²) >= 11 is 1.56. The zero-order valence-electron chi connectivity index (χ0n) is 17.8. The average Bonchev–Trinajstić information content (AvgIpc) is 3.24. The van der Waals surface area contributed by atoms with Gasteiger partial charge in [-0.15, -0.1) is 0 Å². The van der Waals surface area contributed by atoms with Gasteiger partial charge in [-0.05, 0) is 50.3 Å².